The number of nitrogens with one attached hydrogen (secondary N) is 2. The molecule has 0 aliphatic rings. The number of aromatic hydroxyl groups is 1. The van der Waals surface area contributed by atoms with Crippen LogP contribution in [0.5, 0.6) is 5.75 Å². The molecular weight excluding hydrogens is 363 g/mol. The van der Waals surface area contributed by atoms with Crippen LogP contribution in [0.1, 0.15) is 11.1 Å². The number of hydrogen-bond acceptors (Lipinski definition) is 3. The molecule has 3 N–H and O–H groups in total. The van der Waals surface area contributed by atoms with Crippen molar-refractivity contribution in [1.29, 1.82) is 0 Å². The fourth-order valence-corrected chi connectivity index (χ4v) is 2.03. The van der Waals surface area contributed by atoms with Crippen molar-refractivity contribution in [3.8, 4) is 5.75 Å². The van der Waals surface area contributed by atoms with E-state index in [2.05, 4.69) is 15.8 Å². The number of benzene rings is 2. The van der Waals surface area contributed by atoms with Crippen LogP contribution < -0.4 is 10.7 Å². The summed E-state index contributed by atoms with van der Waals surface area (Å²) >= 11 is 10.8. The van der Waals surface area contributed by atoms with Crippen LogP contribution in [0.25, 0.3) is 0 Å². The van der Waals surface area contributed by atoms with Crippen LogP contribution in [0, 0.1) is 0 Å². The SMILES string of the molecule is Oc1ccccc1/C=N\NC(=S)Nc1cc(C(F)(F)F)ccc1Cl. The third-order valence-corrected chi connectivity index (χ3v) is 3.37. The maximum atomic E-state index is 12.7. The van der Waals surface area contributed by atoms with Gasteiger partial charge in [0.25, 0.3) is 0 Å². The minimum absolute atomic E-state index is 0.00162. The molecule has 0 saturated heterocycles. The highest BCUT2D eigenvalue weighted by Crippen LogP contribution is 2.33. The lowest BCUT2D eigenvalue weighted by Crippen LogP contribution is -2.24. The minimum Gasteiger partial charge on any atom is -0.507 e. The molecule has 0 unspecified atom stereocenters. The second-order valence-electron chi connectivity index (χ2n) is 4.58. The molecule has 0 atom stereocenters. The molecule has 0 heterocycles. The minimum atomic E-state index is -4.49. The Kier molecular flexibility index (Phi) is 5.63. The number of hydrogen-bond donors (Lipinski definition) is 3. The van der Waals surface area contributed by atoms with Crippen LogP contribution in [0.2, 0.25) is 5.02 Å². The molecule has 9 heteroatoms. The fourth-order valence-electron chi connectivity index (χ4n) is 1.70. The number of rotatable bonds is 3. The largest absolute Gasteiger partial charge is 0.507 e. The van der Waals surface area contributed by atoms with Gasteiger partial charge in [-0.2, -0.15) is 18.3 Å². The lowest BCUT2D eigenvalue weighted by Gasteiger charge is -2.12. The monoisotopic (exact) mass is 373 g/mol. The molecule has 2 rings (SSSR count). The van der Waals surface area contributed by atoms with E-state index in [9.17, 15) is 18.3 Å². The zero-order chi connectivity index (χ0) is 17.7. The second-order valence-corrected chi connectivity index (χ2v) is 5.39. The summed E-state index contributed by atoms with van der Waals surface area (Å²) in [6.07, 6.45) is -3.17. The summed E-state index contributed by atoms with van der Waals surface area (Å²) in [6.45, 7) is 0. The number of nitrogens with zero attached hydrogens (tertiary/aromatic N) is 1. The number of alkyl halides is 3. The molecule has 0 saturated carbocycles. The first-order valence-corrected chi connectivity index (χ1v) is 7.31. The van der Waals surface area contributed by atoms with Gasteiger partial charge in [-0.05, 0) is 42.5 Å². The predicted octanol–water partition coefficient (Wildman–Crippen LogP) is 4.38. The summed E-state index contributed by atoms with van der Waals surface area (Å²) < 4.78 is 38.1. The molecule has 0 aliphatic heterocycles. The summed E-state index contributed by atoms with van der Waals surface area (Å²) in [4.78, 5) is 0. The molecule has 2 aromatic rings. The van der Waals surface area contributed by atoms with Crippen molar-refractivity contribution in [1.82, 2.24) is 5.43 Å². The van der Waals surface area contributed by atoms with Crippen LogP contribution in [0.4, 0.5) is 18.9 Å². The van der Waals surface area contributed by atoms with E-state index in [0.717, 1.165) is 18.2 Å². The number of anilines is 1. The van der Waals surface area contributed by atoms with Crippen LogP contribution >= 0.6 is 23.8 Å². The Bertz CT molecular complexity index is 781. The van der Waals surface area contributed by atoms with Gasteiger partial charge in [-0.1, -0.05) is 23.7 Å². The Morgan fingerprint density at radius 1 is 1.21 bits per heavy atom. The summed E-state index contributed by atoms with van der Waals surface area (Å²) in [5, 5.41) is 15.9. The lowest BCUT2D eigenvalue weighted by atomic mass is 10.2. The molecule has 0 aliphatic carbocycles. The van der Waals surface area contributed by atoms with E-state index in [4.69, 9.17) is 23.8 Å². The average Bonchev–Trinajstić information content (AvgIpc) is 2.50. The van der Waals surface area contributed by atoms with Gasteiger partial charge < -0.3 is 10.4 Å². The zero-order valence-corrected chi connectivity index (χ0v) is 13.5. The lowest BCUT2D eigenvalue weighted by molar-refractivity contribution is -0.137. The van der Waals surface area contributed by atoms with Crippen LogP contribution in [0.15, 0.2) is 47.6 Å². The predicted molar refractivity (Wildman–Crippen MR) is 91.5 cm³/mol. The molecule has 2 aromatic carbocycles. The first-order valence-electron chi connectivity index (χ1n) is 6.52. The molecule has 0 spiro atoms. The molecule has 126 valence electrons. The van der Waals surface area contributed by atoms with E-state index in [1.54, 1.807) is 18.2 Å². The van der Waals surface area contributed by atoms with E-state index < -0.39 is 11.7 Å². The van der Waals surface area contributed by atoms with Gasteiger partial charge in [0.15, 0.2) is 5.11 Å². The van der Waals surface area contributed by atoms with E-state index in [0.29, 0.717) is 5.56 Å². The standard InChI is InChI=1S/C15H11ClF3N3OS/c16-11-6-5-10(15(17,18)19)7-12(11)21-14(24)22-20-8-9-3-1-2-4-13(9)23/h1-8,23H,(H2,21,22,24)/b20-8-. The quantitative estimate of drug-likeness (QED) is 0.424. The number of phenols is 1. The van der Waals surface area contributed by atoms with Crippen molar-refractivity contribution in [3.63, 3.8) is 0 Å². The van der Waals surface area contributed by atoms with Crippen molar-refractivity contribution in [3.05, 3.63) is 58.6 Å². The maximum absolute atomic E-state index is 12.7. The molecule has 24 heavy (non-hydrogen) atoms. The van der Waals surface area contributed by atoms with E-state index >= 15 is 0 Å². The third kappa shape index (κ3) is 4.84. The number of para-hydroxylation sites is 1. The topological polar surface area (TPSA) is 56.7 Å². The van der Waals surface area contributed by atoms with Gasteiger partial charge in [-0.3, -0.25) is 5.43 Å². The number of hydrazone groups is 1. The molecule has 0 fully saturated rings. The van der Waals surface area contributed by atoms with Crippen molar-refractivity contribution in [2.24, 2.45) is 5.10 Å². The first-order chi connectivity index (χ1) is 11.3. The van der Waals surface area contributed by atoms with Gasteiger partial charge in [-0.25, -0.2) is 0 Å². The Morgan fingerprint density at radius 2 is 1.92 bits per heavy atom. The third-order valence-electron chi connectivity index (χ3n) is 2.85. The van der Waals surface area contributed by atoms with Crippen molar-refractivity contribution in [2.45, 2.75) is 6.18 Å². The number of phenolic OH excluding ortho intramolecular Hbond substituents is 1. The van der Waals surface area contributed by atoms with Gasteiger partial charge in [0.1, 0.15) is 5.75 Å². The van der Waals surface area contributed by atoms with E-state index in [1.807, 2.05) is 0 Å². The van der Waals surface area contributed by atoms with E-state index in [1.165, 1.54) is 12.3 Å². The van der Waals surface area contributed by atoms with Gasteiger partial charge in [0, 0.05) is 5.56 Å². The Labute approximate surface area is 146 Å². The Hall–Kier alpha value is -2.32. The molecule has 0 aromatic heterocycles. The van der Waals surface area contributed by atoms with Crippen LogP contribution in [-0.4, -0.2) is 16.4 Å². The highest BCUT2D eigenvalue weighted by atomic mass is 35.5. The van der Waals surface area contributed by atoms with Crippen LogP contribution in [0.3, 0.4) is 0 Å². The molecule has 0 radical (unpaired) electrons. The molecule has 0 bridgehead atoms. The second kappa shape index (κ2) is 7.50. The average molecular weight is 374 g/mol. The van der Waals surface area contributed by atoms with E-state index in [-0.39, 0.29) is 21.6 Å². The fraction of sp³-hybridized carbons (Fsp3) is 0.0667. The van der Waals surface area contributed by atoms with Crippen molar-refractivity contribution in [2.75, 3.05) is 5.32 Å². The number of halogens is 4. The molecule has 0 amide bonds. The van der Waals surface area contributed by atoms with Gasteiger partial charge in [-0.15, -0.1) is 0 Å². The van der Waals surface area contributed by atoms with Gasteiger partial charge in [0.05, 0.1) is 22.5 Å². The van der Waals surface area contributed by atoms with Crippen molar-refractivity contribution < 1.29 is 18.3 Å². The highest BCUT2D eigenvalue weighted by Gasteiger charge is 2.31. The smallest absolute Gasteiger partial charge is 0.416 e. The Balaban J connectivity index is 2.04. The summed E-state index contributed by atoms with van der Waals surface area (Å²) in [5.41, 5.74) is 2.03. The summed E-state index contributed by atoms with van der Waals surface area (Å²) in [5.74, 6) is 0.0304. The molecule has 4 nitrogen and oxygen atoms in total. The van der Waals surface area contributed by atoms with Crippen LogP contribution in [-0.2, 0) is 6.18 Å². The molecular formula is C15H11ClF3N3OS. The highest BCUT2D eigenvalue weighted by molar-refractivity contribution is 7.80. The summed E-state index contributed by atoms with van der Waals surface area (Å²) in [6, 6.07) is 9.33. The van der Waals surface area contributed by atoms with Gasteiger partial charge >= 0.3 is 6.18 Å². The summed E-state index contributed by atoms with van der Waals surface area (Å²) in [7, 11) is 0. The van der Waals surface area contributed by atoms with Crippen molar-refractivity contribution >= 4 is 40.8 Å². The zero-order valence-electron chi connectivity index (χ0n) is 11.9. The number of thiocarbonyl (C=S) groups is 1. The van der Waals surface area contributed by atoms with Gasteiger partial charge in [0.2, 0.25) is 0 Å². The Morgan fingerprint density at radius 3 is 2.58 bits per heavy atom. The first kappa shape index (κ1) is 18.0. The maximum Gasteiger partial charge on any atom is 0.416 e. The normalized spacial score (nSPS) is 11.5.